The molecule has 4 heteroatoms. The molecule has 2 nitrogen and oxygen atoms in total. The maximum atomic E-state index is 4.74. The third kappa shape index (κ3) is 2.19. The van der Waals surface area contributed by atoms with E-state index in [1.54, 1.807) is 11.3 Å². The fourth-order valence-electron chi connectivity index (χ4n) is 1.65. The fraction of sp³-hybridized carbons (Fsp3) is 0.417. The molecule has 0 radical (unpaired) electrons. The van der Waals surface area contributed by atoms with Crippen LogP contribution in [0, 0.1) is 6.92 Å². The van der Waals surface area contributed by atoms with Crippen molar-refractivity contribution in [2.45, 2.75) is 26.8 Å². The molecule has 0 bridgehead atoms. The van der Waals surface area contributed by atoms with E-state index < -0.39 is 0 Å². The average Bonchev–Trinajstić information content (AvgIpc) is 2.85. The second-order valence-corrected chi connectivity index (χ2v) is 5.57. The van der Waals surface area contributed by atoms with Crippen molar-refractivity contribution in [3.63, 3.8) is 0 Å². The normalized spacial score (nSPS) is 10.9. The highest BCUT2D eigenvalue weighted by molar-refractivity contribution is 7.15. The van der Waals surface area contributed by atoms with Crippen LogP contribution in [0.5, 0.6) is 0 Å². The molecule has 2 rings (SSSR count). The van der Waals surface area contributed by atoms with Gasteiger partial charge in [-0.2, -0.15) is 11.3 Å². The highest BCUT2D eigenvalue weighted by Gasteiger charge is 2.12. The van der Waals surface area contributed by atoms with Crippen LogP contribution in [0.1, 0.15) is 23.1 Å². The van der Waals surface area contributed by atoms with Crippen LogP contribution in [0.4, 0.5) is 0 Å². The first-order valence-electron chi connectivity index (χ1n) is 5.42. The maximum absolute atomic E-state index is 4.74. The number of rotatable bonds is 4. The number of aryl methyl sites for hydroxylation is 2. The molecular weight excluding hydrogens is 236 g/mol. The number of nitrogens with zero attached hydrogens (tertiary/aromatic N) is 1. The van der Waals surface area contributed by atoms with Crippen molar-refractivity contribution < 1.29 is 0 Å². The molecule has 0 fully saturated rings. The van der Waals surface area contributed by atoms with Crippen molar-refractivity contribution in [1.29, 1.82) is 0 Å². The second kappa shape index (κ2) is 5.08. The van der Waals surface area contributed by atoms with Crippen LogP contribution >= 0.6 is 22.7 Å². The Bertz CT molecular complexity index is 471. The predicted octanol–water partition coefficient (Wildman–Crippen LogP) is 3.46. The zero-order valence-corrected chi connectivity index (χ0v) is 11.5. The number of aromatic nitrogens is 1. The van der Waals surface area contributed by atoms with Crippen LogP contribution < -0.4 is 5.32 Å². The van der Waals surface area contributed by atoms with E-state index in [9.17, 15) is 0 Å². The molecule has 0 amide bonds. The van der Waals surface area contributed by atoms with Gasteiger partial charge < -0.3 is 5.32 Å². The number of hydrogen-bond donors (Lipinski definition) is 1. The van der Waals surface area contributed by atoms with Crippen LogP contribution in [-0.4, -0.2) is 12.0 Å². The topological polar surface area (TPSA) is 24.9 Å². The molecular formula is C12H16N2S2. The minimum atomic E-state index is 0.921. The summed E-state index contributed by atoms with van der Waals surface area (Å²) >= 11 is 3.56. The number of thiazole rings is 1. The molecule has 0 unspecified atom stereocenters. The predicted molar refractivity (Wildman–Crippen MR) is 72.3 cm³/mol. The molecule has 2 aromatic rings. The highest BCUT2D eigenvalue weighted by Crippen LogP contribution is 2.32. The molecule has 1 N–H and O–H groups in total. The number of thiophene rings is 1. The van der Waals surface area contributed by atoms with Crippen LogP contribution in [-0.2, 0) is 13.0 Å². The second-order valence-electron chi connectivity index (χ2n) is 3.74. The van der Waals surface area contributed by atoms with Gasteiger partial charge >= 0.3 is 0 Å². The zero-order valence-electron chi connectivity index (χ0n) is 9.83. The van der Waals surface area contributed by atoms with Gasteiger partial charge in [0.05, 0.1) is 5.69 Å². The Morgan fingerprint density at radius 2 is 2.19 bits per heavy atom. The number of nitrogens with one attached hydrogen (secondary N) is 1. The lowest BCUT2D eigenvalue weighted by molar-refractivity contribution is 0.815. The fourth-order valence-corrected chi connectivity index (χ4v) is 3.80. The Morgan fingerprint density at radius 3 is 2.75 bits per heavy atom. The Kier molecular flexibility index (Phi) is 3.74. The van der Waals surface area contributed by atoms with Crippen molar-refractivity contribution in [3.8, 4) is 10.6 Å². The molecule has 2 heterocycles. The van der Waals surface area contributed by atoms with Crippen molar-refractivity contribution in [2.75, 3.05) is 7.05 Å². The Labute approximate surface area is 104 Å². The highest BCUT2D eigenvalue weighted by atomic mass is 32.1. The Balaban J connectivity index is 2.39. The minimum Gasteiger partial charge on any atom is -0.315 e. The first-order valence-corrected chi connectivity index (χ1v) is 7.18. The van der Waals surface area contributed by atoms with Crippen LogP contribution in [0.25, 0.3) is 10.6 Å². The van der Waals surface area contributed by atoms with Gasteiger partial charge in [0.2, 0.25) is 0 Å². The SMILES string of the molecule is CCc1nc(-c2cscc2C)sc1CNC. The zero-order chi connectivity index (χ0) is 11.5. The molecule has 0 saturated carbocycles. The molecule has 0 spiro atoms. The molecule has 86 valence electrons. The third-order valence-corrected chi connectivity index (χ3v) is 4.53. The molecule has 16 heavy (non-hydrogen) atoms. The van der Waals surface area contributed by atoms with Gasteiger partial charge in [-0.15, -0.1) is 11.3 Å². The standard InChI is InChI=1S/C12H16N2S2/c1-4-10-11(5-13-3)16-12(14-10)9-7-15-6-8(9)2/h6-7,13H,4-5H2,1-3H3. The molecule has 0 aliphatic heterocycles. The van der Waals surface area contributed by atoms with E-state index in [0.717, 1.165) is 13.0 Å². The van der Waals surface area contributed by atoms with E-state index in [2.05, 4.69) is 29.9 Å². The first-order chi connectivity index (χ1) is 7.76. The summed E-state index contributed by atoms with van der Waals surface area (Å²) in [5, 5.41) is 8.74. The van der Waals surface area contributed by atoms with Gasteiger partial charge in [0.25, 0.3) is 0 Å². The first kappa shape index (κ1) is 11.8. The Morgan fingerprint density at radius 1 is 1.38 bits per heavy atom. The third-order valence-electron chi connectivity index (χ3n) is 2.54. The maximum Gasteiger partial charge on any atom is 0.125 e. The van der Waals surface area contributed by atoms with Crippen LogP contribution in [0.15, 0.2) is 10.8 Å². The van der Waals surface area contributed by atoms with Crippen LogP contribution in [0.3, 0.4) is 0 Å². The van der Waals surface area contributed by atoms with Crippen molar-refractivity contribution in [1.82, 2.24) is 10.3 Å². The monoisotopic (exact) mass is 252 g/mol. The summed E-state index contributed by atoms with van der Waals surface area (Å²) in [5.74, 6) is 0. The summed E-state index contributed by atoms with van der Waals surface area (Å²) in [5.41, 5.74) is 3.87. The van der Waals surface area contributed by atoms with Crippen molar-refractivity contribution >= 4 is 22.7 Å². The van der Waals surface area contributed by atoms with E-state index in [1.807, 2.05) is 18.4 Å². The lowest BCUT2D eigenvalue weighted by Gasteiger charge is -1.96. The van der Waals surface area contributed by atoms with Crippen molar-refractivity contribution in [2.24, 2.45) is 0 Å². The molecule has 2 aromatic heterocycles. The van der Waals surface area contributed by atoms with E-state index >= 15 is 0 Å². The summed E-state index contributed by atoms with van der Waals surface area (Å²) in [4.78, 5) is 6.10. The Hall–Kier alpha value is -0.710. The van der Waals surface area contributed by atoms with Crippen molar-refractivity contribution in [3.05, 3.63) is 26.9 Å². The van der Waals surface area contributed by atoms with E-state index in [0.29, 0.717) is 0 Å². The van der Waals surface area contributed by atoms with Gasteiger partial charge in [-0.3, -0.25) is 0 Å². The largest absolute Gasteiger partial charge is 0.315 e. The van der Waals surface area contributed by atoms with E-state index in [4.69, 9.17) is 4.98 Å². The van der Waals surface area contributed by atoms with Gasteiger partial charge in [-0.05, 0) is 31.3 Å². The molecule has 0 aliphatic rings. The summed E-state index contributed by atoms with van der Waals surface area (Å²) in [6.45, 7) is 5.24. The summed E-state index contributed by atoms with van der Waals surface area (Å²) < 4.78 is 0. The summed E-state index contributed by atoms with van der Waals surface area (Å²) in [6, 6.07) is 0. The summed E-state index contributed by atoms with van der Waals surface area (Å²) in [7, 11) is 1.98. The molecule has 0 saturated heterocycles. The van der Waals surface area contributed by atoms with Gasteiger partial charge in [-0.1, -0.05) is 6.92 Å². The molecule has 0 aromatic carbocycles. The molecule has 0 atom stereocenters. The minimum absolute atomic E-state index is 0.921. The molecule has 0 aliphatic carbocycles. The van der Waals surface area contributed by atoms with E-state index in [1.165, 1.54) is 26.7 Å². The van der Waals surface area contributed by atoms with Gasteiger partial charge in [-0.25, -0.2) is 4.98 Å². The van der Waals surface area contributed by atoms with Gasteiger partial charge in [0.15, 0.2) is 0 Å². The average molecular weight is 252 g/mol. The smallest absolute Gasteiger partial charge is 0.125 e. The van der Waals surface area contributed by atoms with Gasteiger partial charge in [0, 0.05) is 22.4 Å². The van der Waals surface area contributed by atoms with Gasteiger partial charge in [0.1, 0.15) is 5.01 Å². The number of hydrogen-bond acceptors (Lipinski definition) is 4. The lowest BCUT2D eigenvalue weighted by Crippen LogP contribution is -2.05. The lowest BCUT2D eigenvalue weighted by atomic mass is 10.2. The van der Waals surface area contributed by atoms with E-state index in [-0.39, 0.29) is 0 Å². The summed E-state index contributed by atoms with van der Waals surface area (Å²) in [6.07, 6.45) is 1.01. The quantitative estimate of drug-likeness (QED) is 0.901. The van der Waals surface area contributed by atoms with Crippen LogP contribution in [0.2, 0.25) is 0 Å².